The maximum atomic E-state index is 13.1. The van der Waals surface area contributed by atoms with Gasteiger partial charge in [0.05, 0.1) is 29.4 Å². The number of nitrogens with zero attached hydrogens (tertiary/aromatic N) is 4. The van der Waals surface area contributed by atoms with E-state index in [1.54, 1.807) is 29.9 Å². The molecule has 3 heterocycles. The monoisotopic (exact) mass is 480 g/mol. The highest BCUT2D eigenvalue weighted by Crippen LogP contribution is 2.32. The Morgan fingerprint density at radius 3 is 2.60 bits per heavy atom. The summed E-state index contributed by atoms with van der Waals surface area (Å²) in [5.41, 5.74) is 5.29. The van der Waals surface area contributed by atoms with Crippen molar-refractivity contribution in [2.45, 2.75) is 13.0 Å². The molecule has 0 unspecified atom stereocenters. The van der Waals surface area contributed by atoms with Crippen LogP contribution in [0.2, 0.25) is 5.02 Å². The standard InChI is InChI=1S/C28H21ClN4O2/c1-35-23-10-7-18(8-11-23)26-20(17-33(31-26)22-5-3-2-4-6-22)15-19-13-14-32-27(19)30-25-16-21(29)9-12-24(25)28(32)34/h2-12,15-17H,13-14H2,1H3. The smallest absolute Gasteiger partial charge is 0.261 e. The van der Waals surface area contributed by atoms with Gasteiger partial charge >= 0.3 is 0 Å². The molecule has 0 bridgehead atoms. The lowest BCUT2D eigenvalue weighted by Crippen LogP contribution is -2.20. The summed E-state index contributed by atoms with van der Waals surface area (Å²) in [6, 6.07) is 23.1. The Hall–Kier alpha value is -4.16. The van der Waals surface area contributed by atoms with Gasteiger partial charge < -0.3 is 4.74 Å². The molecule has 172 valence electrons. The number of hydrogen-bond donors (Lipinski definition) is 0. The van der Waals surface area contributed by atoms with E-state index in [1.807, 2.05) is 65.5 Å². The topological polar surface area (TPSA) is 61.9 Å². The first-order valence-corrected chi connectivity index (χ1v) is 11.7. The molecule has 0 atom stereocenters. The van der Waals surface area contributed by atoms with Crippen molar-refractivity contribution in [3.05, 3.63) is 106 Å². The summed E-state index contributed by atoms with van der Waals surface area (Å²) >= 11 is 6.18. The lowest BCUT2D eigenvalue weighted by molar-refractivity contribution is 0.415. The maximum absolute atomic E-state index is 13.1. The number of benzene rings is 3. The zero-order valence-electron chi connectivity index (χ0n) is 19.0. The molecule has 0 amide bonds. The molecule has 6 nitrogen and oxygen atoms in total. The first kappa shape index (κ1) is 21.4. The van der Waals surface area contributed by atoms with Crippen LogP contribution >= 0.6 is 11.6 Å². The number of methoxy groups -OCH3 is 1. The van der Waals surface area contributed by atoms with E-state index in [2.05, 4.69) is 6.08 Å². The van der Waals surface area contributed by atoms with Crippen molar-refractivity contribution in [3.63, 3.8) is 0 Å². The van der Waals surface area contributed by atoms with Crippen LogP contribution < -0.4 is 10.3 Å². The summed E-state index contributed by atoms with van der Waals surface area (Å²) in [5, 5.41) is 6.05. The SMILES string of the molecule is COc1ccc(-c2nn(-c3ccccc3)cc2C=C2CCn3c2nc2cc(Cl)ccc2c3=O)cc1. The van der Waals surface area contributed by atoms with Crippen molar-refractivity contribution in [3.8, 4) is 22.7 Å². The molecule has 7 heteroatoms. The Morgan fingerprint density at radius 2 is 1.83 bits per heavy atom. The van der Waals surface area contributed by atoms with Crippen LogP contribution in [0.4, 0.5) is 0 Å². The van der Waals surface area contributed by atoms with Gasteiger partial charge in [-0.1, -0.05) is 29.8 Å². The van der Waals surface area contributed by atoms with E-state index in [0.717, 1.165) is 33.8 Å². The zero-order valence-corrected chi connectivity index (χ0v) is 19.7. The van der Waals surface area contributed by atoms with Crippen LogP contribution in [0.1, 0.15) is 17.8 Å². The van der Waals surface area contributed by atoms with E-state index in [0.29, 0.717) is 34.7 Å². The van der Waals surface area contributed by atoms with Gasteiger partial charge in [-0.2, -0.15) is 5.10 Å². The van der Waals surface area contributed by atoms with Gasteiger partial charge in [-0.3, -0.25) is 9.36 Å². The predicted molar refractivity (Wildman–Crippen MR) is 139 cm³/mol. The molecule has 35 heavy (non-hydrogen) atoms. The summed E-state index contributed by atoms with van der Waals surface area (Å²) in [6.45, 7) is 0.594. The van der Waals surface area contributed by atoms with E-state index in [4.69, 9.17) is 26.4 Å². The van der Waals surface area contributed by atoms with E-state index < -0.39 is 0 Å². The molecule has 0 N–H and O–H groups in total. The van der Waals surface area contributed by atoms with Crippen molar-refractivity contribution < 1.29 is 4.74 Å². The van der Waals surface area contributed by atoms with Gasteiger partial charge in [0.1, 0.15) is 11.6 Å². The van der Waals surface area contributed by atoms with Crippen molar-refractivity contribution in [2.24, 2.45) is 0 Å². The summed E-state index contributed by atoms with van der Waals surface area (Å²) in [5.74, 6) is 1.47. The number of fused-ring (bicyclic) bond motifs is 2. The Bertz CT molecular complexity index is 1650. The molecule has 1 aliphatic rings. The first-order valence-electron chi connectivity index (χ1n) is 11.3. The Labute approximate surface area is 206 Å². The largest absolute Gasteiger partial charge is 0.497 e. The number of hydrogen-bond acceptors (Lipinski definition) is 4. The van der Waals surface area contributed by atoms with Gasteiger partial charge in [0, 0.05) is 28.9 Å². The summed E-state index contributed by atoms with van der Waals surface area (Å²) in [4.78, 5) is 17.9. The van der Waals surface area contributed by atoms with Gasteiger partial charge in [0.15, 0.2) is 0 Å². The molecule has 0 fully saturated rings. The maximum Gasteiger partial charge on any atom is 0.261 e. The quantitative estimate of drug-likeness (QED) is 0.323. The molecule has 0 saturated carbocycles. The fourth-order valence-corrected chi connectivity index (χ4v) is 4.66. The third-order valence-electron chi connectivity index (χ3n) is 6.27. The van der Waals surface area contributed by atoms with Crippen LogP contribution in [0.25, 0.3) is 39.5 Å². The minimum Gasteiger partial charge on any atom is -0.497 e. The van der Waals surface area contributed by atoms with Crippen LogP contribution in [0.15, 0.2) is 83.8 Å². The molecule has 1 aliphatic heterocycles. The highest BCUT2D eigenvalue weighted by atomic mass is 35.5. The molecule has 5 aromatic rings. The first-order chi connectivity index (χ1) is 17.1. The summed E-state index contributed by atoms with van der Waals surface area (Å²) < 4.78 is 8.95. The third-order valence-corrected chi connectivity index (χ3v) is 6.50. The number of allylic oxidation sites excluding steroid dienone is 1. The average molecular weight is 481 g/mol. The van der Waals surface area contributed by atoms with Crippen molar-refractivity contribution >= 4 is 34.2 Å². The molecular formula is C28H21ClN4O2. The van der Waals surface area contributed by atoms with Gasteiger partial charge in [0.25, 0.3) is 5.56 Å². The van der Waals surface area contributed by atoms with Crippen LogP contribution in [-0.4, -0.2) is 26.4 Å². The van der Waals surface area contributed by atoms with E-state index in [9.17, 15) is 4.79 Å². The van der Waals surface area contributed by atoms with Crippen LogP contribution in [0.5, 0.6) is 5.75 Å². The molecular weight excluding hydrogens is 460 g/mol. The lowest BCUT2D eigenvalue weighted by atomic mass is 10.0. The fourth-order valence-electron chi connectivity index (χ4n) is 4.49. The van der Waals surface area contributed by atoms with Gasteiger partial charge in [0.2, 0.25) is 0 Å². The van der Waals surface area contributed by atoms with E-state index in [-0.39, 0.29) is 5.56 Å². The second-order valence-corrected chi connectivity index (χ2v) is 8.85. The van der Waals surface area contributed by atoms with Crippen LogP contribution in [-0.2, 0) is 6.54 Å². The molecule has 0 spiro atoms. The molecule has 0 aliphatic carbocycles. The number of para-hydroxylation sites is 1. The second-order valence-electron chi connectivity index (χ2n) is 8.41. The summed E-state index contributed by atoms with van der Waals surface area (Å²) in [6.07, 6.45) is 4.82. The van der Waals surface area contributed by atoms with Crippen molar-refractivity contribution in [1.82, 2.24) is 19.3 Å². The van der Waals surface area contributed by atoms with Crippen molar-refractivity contribution in [2.75, 3.05) is 7.11 Å². The Morgan fingerprint density at radius 1 is 1.03 bits per heavy atom. The van der Waals surface area contributed by atoms with E-state index >= 15 is 0 Å². The molecule has 0 radical (unpaired) electrons. The molecule has 3 aromatic carbocycles. The van der Waals surface area contributed by atoms with E-state index in [1.165, 1.54) is 0 Å². The Balaban J connectivity index is 1.51. The number of halogens is 1. The number of aromatic nitrogens is 4. The minimum atomic E-state index is -0.0413. The molecule has 2 aromatic heterocycles. The average Bonchev–Trinajstić information content (AvgIpc) is 3.49. The highest BCUT2D eigenvalue weighted by molar-refractivity contribution is 6.31. The fraction of sp³-hybridized carbons (Fsp3) is 0.107. The normalized spacial score (nSPS) is 13.9. The van der Waals surface area contributed by atoms with Gasteiger partial charge in [-0.25, -0.2) is 9.67 Å². The number of ether oxygens (including phenoxy) is 1. The lowest BCUT2D eigenvalue weighted by Gasteiger charge is -2.06. The predicted octanol–water partition coefficient (Wildman–Crippen LogP) is 5.86. The van der Waals surface area contributed by atoms with Crippen molar-refractivity contribution in [1.29, 1.82) is 0 Å². The van der Waals surface area contributed by atoms with Gasteiger partial charge in [-0.15, -0.1) is 0 Å². The van der Waals surface area contributed by atoms with Gasteiger partial charge in [-0.05, 0) is 72.7 Å². The third kappa shape index (κ3) is 3.82. The van der Waals surface area contributed by atoms with Crippen LogP contribution in [0, 0.1) is 0 Å². The zero-order chi connectivity index (χ0) is 23.9. The Kier molecular flexibility index (Phi) is 5.23. The minimum absolute atomic E-state index is 0.0413. The second kappa shape index (κ2) is 8.56. The van der Waals surface area contributed by atoms with Crippen LogP contribution in [0.3, 0.4) is 0 Å². The molecule has 0 saturated heterocycles. The highest BCUT2D eigenvalue weighted by Gasteiger charge is 2.22. The molecule has 6 rings (SSSR count). The number of rotatable bonds is 4. The summed E-state index contributed by atoms with van der Waals surface area (Å²) in [7, 11) is 1.65.